The third kappa shape index (κ3) is 2.99. The standard InChI is InChI=1S/C9H10O3S/c1-2-12-9(11)8(10)5-7-3-4-13-6-7/h3-4,6H,2,5H2,1H3. The third-order valence-corrected chi connectivity index (χ3v) is 2.18. The van der Waals surface area contributed by atoms with Crippen LogP contribution in [0.5, 0.6) is 0 Å². The van der Waals surface area contributed by atoms with E-state index < -0.39 is 11.8 Å². The van der Waals surface area contributed by atoms with Crippen molar-refractivity contribution in [3.05, 3.63) is 22.4 Å². The minimum Gasteiger partial charge on any atom is -0.460 e. The maximum atomic E-state index is 11.1. The van der Waals surface area contributed by atoms with Crippen LogP contribution < -0.4 is 0 Å². The van der Waals surface area contributed by atoms with Gasteiger partial charge in [-0.3, -0.25) is 4.79 Å². The Morgan fingerprint density at radius 3 is 2.85 bits per heavy atom. The molecule has 4 heteroatoms. The summed E-state index contributed by atoms with van der Waals surface area (Å²) < 4.78 is 4.57. The molecule has 1 aromatic heterocycles. The van der Waals surface area contributed by atoms with Crippen LogP contribution in [-0.2, 0) is 20.7 Å². The van der Waals surface area contributed by atoms with E-state index in [9.17, 15) is 9.59 Å². The van der Waals surface area contributed by atoms with Crippen molar-refractivity contribution in [1.29, 1.82) is 0 Å². The van der Waals surface area contributed by atoms with Crippen LogP contribution in [0.2, 0.25) is 0 Å². The van der Waals surface area contributed by atoms with Gasteiger partial charge in [0.25, 0.3) is 0 Å². The van der Waals surface area contributed by atoms with Gasteiger partial charge in [0.2, 0.25) is 5.78 Å². The van der Waals surface area contributed by atoms with Crippen LogP contribution in [0, 0.1) is 0 Å². The van der Waals surface area contributed by atoms with Crippen LogP contribution in [0.15, 0.2) is 16.8 Å². The monoisotopic (exact) mass is 198 g/mol. The molecular formula is C9H10O3S. The van der Waals surface area contributed by atoms with Crippen molar-refractivity contribution in [1.82, 2.24) is 0 Å². The number of carbonyl (C=O) groups excluding carboxylic acids is 2. The Kier molecular flexibility index (Phi) is 3.64. The summed E-state index contributed by atoms with van der Waals surface area (Å²) in [5, 5.41) is 3.71. The van der Waals surface area contributed by atoms with E-state index in [4.69, 9.17) is 0 Å². The van der Waals surface area contributed by atoms with E-state index in [0.29, 0.717) is 0 Å². The molecule has 0 radical (unpaired) electrons. The van der Waals surface area contributed by atoms with Crippen LogP contribution in [0.3, 0.4) is 0 Å². The van der Waals surface area contributed by atoms with Crippen LogP contribution in [0.4, 0.5) is 0 Å². The highest BCUT2D eigenvalue weighted by atomic mass is 32.1. The number of ketones is 1. The van der Waals surface area contributed by atoms with Crippen molar-refractivity contribution in [2.75, 3.05) is 6.61 Å². The van der Waals surface area contributed by atoms with Gasteiger partial charge in [0, 0.05) is 6.42 Å². The summed E-state index contributed by atoms with van der Waals surface area (Å²) in [5.41, 5.74) is 0.864. The quantitative estimate of drug-likeness (QED) is 0.543. The molecule has 0 saturated heterocycles. The molecule has 0 saturated carbocycles. The first-order valence-corrected chi connectivity index (χ1v) is 4.89. The zero-order valence-corrected chi connectivity index (χ0v) is 8.10. The van der Waals surface area contributed by atoms with Crippen molar-refractivity contribution in [2.24, 2.45) is 0 Å². The van der Waals surface area contributed by atoms with Gasteiger partial charge < -0.3 is 4.74 Å². The molecule has 0 aliphatic heterocycles. The van der Waals surface area contributed by atoms with Gasteiger partial charge in [-0.25, -0.2) is 4.79 Å². The SMILES string of the molecule is CCOC(=O)C(=O)Cc1ccsc1. The van der Waals surface area contributed by atoms with Crippen molar-refractivity contribution >= 4 is 23.1 Å². The fraction of sp³-hybridized carbons (Fsp3) is 0.333. The average Bonchev–Trinajstić information content (AvgIpc) is 2.57. The molecule has 0 bridgehead atoms. The third-order valence-electron chi connectivity index (χ3n) is 1.45. The van der Waals surface area contributed by atoms with E-state index >= 15 is 0 Å². The zero-order chi connectivity index (χ0) is 9.68. The first kappa shape index (κ1) is 9.92. The summed E-state index contributed by atoms with van der Waals surface area (Å²) in [4.78, 5) is 22.0. The highest BCUT2D eigenvalue weighted by molar-refractivity contribution is 7.08. The topological polar surface area (TPSA) is 43.4 Å². The fourth-order valence-corrected chi connectivity index (χ4v) is 1.53. The van der Waals surface area contributed by atoms with Gasteiger partial charge in [-0.2, -0.15) is 11.3 Å². The molecule has 0 fully saturated rings. The highest BCUT2D eigenvalue weighted by Gasteiger charge is 2.14. The zero-order valence-electron chi connectivity index (χ0n) is 7.28. The minimum absolute atomic E-state index is 0.141. The number of thiophene rings is 1. The van der Waals surface area contributed by atoms with E-state index in [0.717, 1.165) is 5.56 Å². The molecule has 0 N–H and O–H groups in total. The van der Waals surface area contributed by atoms with Gasteiger partial charge in [0.1, 0.15) is 0 Å². The lowest BCUT2D eigenvalue weighted by atomic mass is 10.2. The number of ether oxygens (including phenoxy) is 1. The second-order valence-electron chi connectivity index (χ2n) is 2.45. The van der Waals surface area contributed by atoms with Gasteiger partial charge in [0.15, 0.2) is 0 Å². The molecule has 13 heavy (non-hydrogen) atoms. The van der Waals surface area contributed by atoms with Gasteiger partial charge in [-0.15, -0.1) is 0 Å². The largest absolute Gasteiger partial charge is 0.460 e. The number of hydrogen-bond donors (Lipinski definition) is 0. The van der Waals surface area contributed by atoms with E-state index in [2.05, 4.69) is 4.74 Å². The molecule has 0 aliphatic rings. The molecule has 0 atom stereocenters. The molecule has 0 aliphatic carbocycles. The van der Waals surface area contributed by atoms with Crippen molar-refractivity contribution in [2.45, 2.75) is 13.3 Å². The predicted molar refractivity (Wildman–Crippen MR) is 49.7 cm³/mol. The van der Waals surface area contributed by atoms with Gasteiger partial charge in [-0.1, -0.05) is 0 Å². The van der Waals surface area contributed by atoms with E-state index in [1.807, 2.05) is 16.8 Å². The van der Waals surface area contributed by atoms with Crippen LogP contribution in [0.25, 0.3) is 0 Å². The molecule has 70 valence electrons. The predicted octanol–water partition coefficient (Wildman–Crippen LogP) is 1.42. The molecular weight excluding hydrogens is 188 g/mol. The Balaban J connectivity index is 2.46. The molecule has 0 aromatic carbocycles. The van der Waals surface area contributed by atoms with Crippen molar-refractivity contribution < 1.29 is 14.3 Å². The van der Waals surface area contributed by atoms with E-state index in [1.165, 1.54) is 11.3 Å². The lowest BCUT2D eigenvalue weighted by Gasteiger charge is -1.98. The van der Waals surface area contributed by atoms with Crippen LogP contribution in [-0.4, -0.2) is 18.4 Å². The Morgan fingerprint density at radius 1 is 1.54 bits per heavy atom. The van der Waals surface area contributed by atoms with E-state index in [1.54, 1.807) is 6.92 Å². The minimum atomic E-state index is -0.742. The van der Waals surface area contributed by atoms with Gasteiger partial charge in [-0.05, 0) is 29.3 Å². The molecule has 1 aromatic rings. The van der Waals surface area contributed by atoms with Crippen LogP contribution in [0.1, 0.15) is 12.5 Å². The normalized spacial score (nSPS) is 9.62. The number of Topliss-reactive ketones (excluding diaryl/α,β-unsaturated/α-hetero) is 1. The molecule has 0 unspecified atom stereocenters. The number of esters is 1. The van der Waals surface area contributed by atoms with Crippen LogP contribution >= 0.6 is 11.3 Å². The summed E-state index contributed by atoms with van der Waals surface area (Å²) in [6.45, 7) is 1.92. The second kappa shape index (κ2) is 4.77. The maximum absolute atomic E-state index is 11.1. The Labute approximate surface area is 80.3 Å². The van der Waals surface area contributed by atoms with Crippen molar-refractivity contribution in [3.8, 4) is 0 Å². The lowest BCUT2D eigenvalue weighted by molar-refractivity contribution is -0.153. The summed E-state index contributed by atoms with van der Waals surface area (Å²) in [7, 11) is 0. The lowest BCUT2D eigenvalue weighted by Crippen LogP contribution is -2.19. The highest BCUT2D eigenvalue weighted by Crippen LogP contribution is 2.07. The summed E-state index contributed by atoms with van der Waals surface area (Å²) in [6, 6.07) is 1.82. The number of rotatable bonds is 4. The van der Waals surface area contributed by atoms with Gasteiger partial charge >= 0.3 is 5.97 Å². The average molecular weight is 198 g/mol. The molecule has 0 spiro atoms. The van der Waals surface area contributed by atoms with Crippen molar-refractivity contribution in [3.63, 3.8) is 0 Å². The van der Waals surface area contributed by atoms with E-state index in [-0.39, 0.29) is 13.0 Å². The molecule has 0 amide bonds. The Hall–Kier alpha value is -1.16. The summed E-state index contributed by atoms with van der Waals surface area (Å²) >= 11 is 1.50. The first-order chi connectivity index (χ1) is 6.24. The maximum Gasteiger partial charge on any atom is 0.374 e. The molecule has 3 nitrogen and oxygen atoms in total. The Bertz CT molecular complexity index is 290. The fourth-order valence-electron chi connectivity index (χ4n) is 0.862. The molecule has 1 heterocycles. The second-order valence-corrected chi connectivity index (χ2v) is 3.23. The first-order valence-electron chi connectivity index (χ1n) is 3.95. The Morgan fingerprint density at radius 2 is 2.31 bits per heavy atom. The number of hydrogen-bond acceptors (Lipinski definition) is 4. The summed E-state index contributed by atoms with van der Waals surface area (Å²) in [6.07, 6.45) is 0.141. The smallest absolute Gasteiger partial charge is 0.374 e. The molecule has 1 rings (SSSR count). The van der Waals surface area contributed by atoms with Gasteiger partial charge in [0.05, 0.1) is 6.61 Å². The summed E-state index contributed by atoms with van der Waals surface area (Å²) in [5.74, 6) is -1.23. The number of carbonyl (C=O) groups is 2.